The summed E-state index contributed by atoms with van der Waals surface area (Å²) < 4.78 is 0. The maximum Gasteiger partial charge on any atom is 0.168 e. The van der Waals surface area contributed by atoms with Gasteiger partial charge < -0.3 is 32.9 Å². The van der Waals surface area contributed by atoms with Gasteiger partial charge in [-0.2, -0.15) is 0 Å². The number of anilines is 7. The topological polar surface area (TPSA) is 135 Å². The first-order chi connectivity index (χ1) is 12.3. The molecule has 3 aromatic rings. The Balaban J connectivity index is 2.00. The van der Waals surface area contributed by atoms with E-state index in [9.17, 15) is 5.11 Å². The Bertz CT molecular complexity index is 892. The van der Waals surface area contributed by atoms with Crippen molar-refractivity contribution >= 4 is 40.1 Å². The minimum Gasteiger partial charge on any atom is -0.504 e. The molecule has 0 aliphatic carbocycles. The van der Waals surface area contributed by atoms with E-state index in [1.54, 1.807) is 12.1 Å². The van der Waals surface area contributed by atoms with Crippen LogP contribution in [0.4, 0.5) is 40.1 Å². The predicted molar refractivity (Wildman–Crippen MR) is 108 cm³/mol. The van der Waals surface area contributed by atoms with Crippen LogP contribution in [0.2, 0.25) is 0 Å². The molecule has 7 nitrogen and oxygen atoms in total. The molecule has 2 aromatic carbocycles. The molecule has 26 heavy (non-hydrogen) atoms. The smallest absolute Gasteiger partial charge is 0.168 e. The second kappa shape index (κ2) is 6.72. The van der Waals surface area contributed by atoms with Gasteiger partial charge in [-0.15, -0.1) is 0 Å². The fourth-order valence-electron chi connectivity index (χ4n) is 2.63. The van der Waals surface area contributed by atoms with Gasteiger partial charge in [-0.3, -0.25) is 0 Å². The summed E-state index contributed by atoms with van der Waals surface area (Å²) in [5.74, 6) is 0.435. The number of aryl methyl sites for hydroxylation is 2. The van der Waals surface area contributed by atoms with E-state index in [0.29, 0.717) is 22.9 Å². The minimum absolute atomic E-state index is 0.0418. The van der Waals surface area contributed by atoms with Crippen molar-refractivity contribution in [1.82, 2.24) is 4.98 Å². The van der Waals surface area contributed by atoms with Gasteiger partial charge in [0, 0.05) is 28.8 Å². The number of nitrogens with one attached hydrogen (secondary N) is 2. The minimum atomic E-state index is -0.0971. The molecule has 1 heterocycles. The van der Waals surface area contributed by atoms with Crippen LogP contribution in [-0.2, 0) is 0 Å². The lowest BCUT2D eigenvalue weighted by atomic mass is 10.1. The van der Waals surface area contributed by atoms with Crippen molar-refractivity contribution in [1.29, 1.82) is 0 Å². The van der Waals surface area contributed by atoms with E-state index in [1.165, 1.54) is 6.07 Å². The van der Waals surface area contributed by atoms with E-state index >= 15 is 0 Å². The van der Waals surface area contributed by atoms with Crippen LogP contribution >= 0.6 is 0 Å². The summed E-state index contributed by atoms with van der Waals surface area (Å²) in [6.07, 6.45) is 0. The third kappa shape index (κ3) is 3.56. The third-order valence-corrected chi connectivity index (χ3v) is 4.05. The van der Waals surface area contributed by atoms with Gasteiger partial charge in [0.1, 0.15) is 0 Å². The lowest BCUT2D eigenvalue weighted by Crippen LogP contribution is -2.04. The van der Waals surface area contributed by atoms with Gasteiger partial charge >= 0.3 is 0 Å². The van der Waals surface area contributed by atoms with Crippen molar-refractivity contribution in [2.45, 2.75) is 13.8 Å². The molecule has 134 valence electrons. The number of pyridine rings is 1. The van der Waals surface area contributed by atoms with Crippen LogP contribution in [0, 0.1) is 13.8 Å². The van der Waals surface area contributed by atoms with Gasteiger partial charge in [-0.25, -0.2) is 4.98 Å². The van der Waals surface area contributed by atoms with Crippen molar-refractivity contribution in [2.75, 3.05) is 27.8 Å². The summed E-state index contributed by atoms with van der Waals surface area (Å²) in [6, 6.07) is 12.6. The van der Waals surface area contributed by atoms with Gasteiger partial charge in [-0.1, -0.05) is 0 Å². The van der Waals surface area contributed by atoms with Crippen molar-refractivity contribution < 1.29 is 5.11 Å². The molecular formula is C19H22N6O. The molecule has 9 N–H and O–H groups in total. The van der Waals surface area contributed by atoms with E-state index in [4.69, 9.17) is 17.2 Å². The number of nitrogens with zero attached hydrogens (tertiary/aromatic N) is 1. The van der Waals surface area contributed by atoms with Crippen molar-refractivity contribution in [2.24, 2.45) is 0 Å². The molecule has 0 aliphatic rings. The molecule has 0 saturated carbocycles. The molecule has 0 atom stereocenters. The van der Waals surface area contributed by atoms with E-state index in [2.05, 4.69) is 15.6 Å². The highest BCUT2D eigenvalue weighted by molar-refractivity contribution is 5.80. The average molecular weight is 350 g/mol. The standard InChI is InChI=1S/C19H22N6O/c1-10-7-12(20)3-5-14(10)23-16-9-17(26)18(22)25-19(16)24-15-6-4-13(21)8-11(15)2/h3-9,23,26H,20-21H2,1-2H3,(H3,22,24,25). The molecule has 0 bridgehead atoms. The zero-order chi connectivity index (χ0) is 18.8. The van der Waals surface area contributed by atoms with Crippen LogP contribution in [-0.4, -0.2) is 10.1 Å². The highest BCUT2D eigenvalue weighted by atomic mass is 16.3. The van der Waals surface area contributed by atoms with E-state index in [0.717, 1.165) is 22.5 Å². The zero-order valence-corrected chi connectivity index (χ0v) is 14.7. The zero-order valence-electron chi connectivity index (χ0n) is 14.7. The number of hydrogen-bond donors (Lipinski definition) is 6. The SMILES string of the molecule is Cc1cc(N)ccc1Nc1cc(O)c(N)nc1Nc1ccc(N)cc1C. The molecule has 0 saturated heterocycles. The highest BCUT2D eigenvalue weighted by Crippen LogP contribution is 2.34. The van der Waals surface area contributed by atoms with E-state index in [-0.39, 0.29) is 11.6 Å². The lowest BCUT2D eigenvalue weighted by molar-refractivity contribution is 0.476. The summed E-state index contributed by atoms with van der Waals surface area (Å²) in [5, 5.41) is 16.5. The number of aromatic hydroxyl groups is 1. The fourth-order valence-corrected chi connectivity index (χ4v) is 2.63. The second-order valence-corrected chi connectivity index (χ2v) is 6.19. The summed E-state index contributed by atoms with van der Waals surface area (Å²) in [4.78, 5) is 4.27. The number of nitrogens with two attached hydrogens (primary N) is 3. The average Bonchev–Trinajstić information content (AvgIpc) is 2.57. The van der Waals surface area contributed by atoms with Crippen LogP contribution in [0.5, 0.6) is 5.75 Å². The van der Waals surface area contributed by atoms with E-state index < -0.39 is 0 Å². The Kier molecular flexibility index (Phi) is 4.45. The Morgan fingerprint density at radius 3 is 1.85 bits per heavy atom. The summed E-state index contributed by atoms with van der Waals surface area (Å²) >= 11 is 0. The fraction of sp³-hybridized carbons (Fsp3) is 0.105. The van der Waals surface area contributed by atoms with Gasteiger partial charge in [0.25, 0.3) is 0 Å². The van der Waals surface area contributed by atoms with Crippen molar-refractivity contribution in [3.8, 4) is 5.75 Å². The van der Waals surface area contributed by atoms with E-state index in [1.807, 2.05) is 38.1 Å². The second-order valence-electron chi connectivity index (χ2n) is 6.19. The van der Waals surface area contributed by atoms with Gasteiger partial charge in [0.05, 0.1) is 5.69 Å². The molecule has 0 amide bonds. The highest BCUT2D eigenvalue weighted by Gasteiger charge is 2.12. The van der Waals surface area contributed by atoms with Crippen LogP contribution in [0.3, 0.4) is 0 Å². The van der Waals surface area contributed by atoms with Gasteiger partial charge in [0.2, 0.25) is 0 Å². The Morgan fingerprint density at radius 2 is 1.31 bits per heavy atom. The van der Waals surface area contributed by atoms with Crippen LogP contribution in [0.15, 0.2) is 42.5 Å². The Hall–Kier alpha value is -3.61. The van der Waals surface area contributed by atoms with Crippen LogP contribution < -0.4 is 27.8 Å². The molecule has 0 radical (unpaired) electrons. The molecule has 0 fully saturated rings. The first-order valence-corrected chi connectivity index (χ1v) is 8.09. The number of benzene rings is 2. The van der Waals surface area contributed by atoms with Gasteiger partial charge in [-0.05, 0) is 61.4 Å². The number of rotatable bonds is 4. The number of hydrogen-bond acceptors (Lipinski definition) is 7. The normalized spacial score (nSPS) is 10.5. The maximum absolute atomic E-state index is 9.98. The number of aromatic nitrogens is 1. The molecule has 3 rings (SSSR count). The third-order valence-electron chi connectivity index (χ3n) is 4.05. The predicted octanol–water partition coefficient (Wildman–Crippen LogP) is 3.64. The lowest BCUT2D eigenvalue weighted by Gasteiger charge is -2.17. The molecule has 7 heteroatoms. The van der Waals surface area contributed by atoms with Crippen molar-refractivity contribution in [3.63, 3.8) is 0 Å². The first-order valence-electron chi connectivity index (χ1n) is 8.09. The monoisotopic (exact) mass is 350 g/mol. The summed E-state index contributed by atoms with van der Waals surface area (Å²) in [7, 11) is 0. The molecular weight excluding hydrogens is 328 g/mol. The quantitative estimate of drug-likeness (QED) is 0.395. The first kappa shape index (κ1) is 17.2. The van der Waals surface area contributed by atoms with Crippen molar-refractivity contribution in [3.05, 3.63) is 53.6 Å². The summed E-state index contributed by atoms with van der Waals surface area (Å²) in [6.45, 7) is 3.89. The van der Waals surface area contributed by atoms with Crippen LogP contribution in [0.25, 0.3) is 0 Å². The molecule has 1 aromatic heterocycles. The molecule has 0 unspecified atom stereocenters. The Morgan fingerprint density at radius 1 is 0.769 bits per heavy atom. The Labute approximate surface area is 151 Å². The largest absolute Gasteiger partial charge is 0.504 e. The number of nitrogen functional groups attached to an aromatic ring is 3. The summed E-state index contributed by atoms with van der Waals surface area (Å²) in [5.41, 5.74) is 23.0. The molecule has 0 spiro atoms. The maximum atomic E-state index is 9.98. The van der Waals surface area contributed by atoms with Crippen LogP contribution in [0.1, 0.15) is 11.1 Å². The van der Waals surface area contributed by atoms with Gasteiger partial charge in [0.15, 0.2) is 17.4 Å². The molecule has 0 aliphatic heterocycles.